The van der Waals surface area contributed by atoms with Gasteiger partial charge < -0.3 is 5.32 Å². The molecule has 2 aromatic carbocycles. The number of benzene rings is 2. The summed E-state index contributed by atoms with van der Waals surface area (Å²) < 4.78 is 26.2. The number of carbonyl (C=O) groups excluding carboxylic acids is 1. The van der Waals surface area contributed by atoms with Gasteiger partial charge in [0.2, 0.25) is 0 Å². The van der Waals surface area contributed by atoms with Crippen molar-refractivity contribution < 1.29 is 13.6 Å². The van der Waals surface area contributed by atoms with Crippen LogP contribution in [0.15, 0.2) is 42.5 Å². The van der Waals surface area contributed by atoms with Gasteiger partial charge in [0.05, 0.1) is 0 Å². The Kier molecular flexibility index (Phi) is 4.69. The molecule has 0 aliphatic carbocycles. The van der Waals surface area contributed by atoms with Crippen molar-refractivity contribution in [2.24, 2.45) is 0 Å². The van der Waals surface area contributed by atoms with E-state index in [2.05, 4.69) is 5.32 Å². The van der Waals surface area contributed by atoms with Gasteiger partial charge in [0, 0.05) is 29.6 Å². The van der Waals surface area contributed by atoms with E-state index in [4.69, 9.17) is 11.6 Å². The van der Waals surface area contributed by atoms with Gasteiger partial charge in [-0.05, 0) is 23.8 Å². The standard InChI is InChI=1S/C15H12ClF2NO/c16-8-10-2-1-3-11(6-10)15(20)19-9-12-4-5-13(17)7-14(12)18/h1-7H,8-9H2,(H,19,20). The second-order valence-electron chi connectivity index (χ2n) is 4.25. The average molecular weight is 296 g/mol. The van der Waals surface area contributed by atoms with Crippen LogP contribution in [0.1, 0.15) is 21.5 Å². The highest BCUT2D eigenvalue weighted by atomic mass is 35.5. The molecule has 0 saturated heterocycles. The fourth-order valence-electron chi connectivity index (χ4n) is 1.74. The Morgan fingerprint density at radius 1 is 1.15 bits per heavy atom. The van der Waals surface area contributed by atoms with Crippen LogP contribution in [-0.2, 0) is 12.4 Å². The van der Waals surface area contributed by atoms with Gasteiger partial charge in [-0.15, -0.1) is 11.6 Å². The second-order valence-corrected chi connectivity index (χ2v) is 4.52. The van der Waals surface area contributed by atoms with E-state index in [1.165, 1.54) is 6.07 Å². The van der Waals surface area contributed by atoms with E-state index in [1.807, 2.05) is 6.07 Å². The SMILES string of the molecule is O=C(NCc1ccc(F)cc1F)c1cccc(CCl)c1. The van der Waals surface area contributed by atoms with Crippen LogP contribution in [0.5, 0.6) is 0 Å². The summed E-state index contributed by atoms with van der Waals surface area (Å²) in [6.07, 6.45) is 0. The fraction of sp³-hybridized carbons (Fsp3) is 0.133. The fourth-order valence-corrected chi connectivity index (χ4v) is 1.90. The first-order chi connectivity index (χ1) is 9.60. The zero-order valence-corrected chi connectivity index (χ0v) is 11.3. The summed E-state index contributed by atoms with van der Waals surface area (Å²) in [5.74, 6) is -1.35. The molecule has 0 radical (unpaired) electrons. The normalized spacial score (nSPS) is 10.3. The third-order valence-corrected chi connectivity index (χ3v) is 3.11. The summed E-state index contributed by atoms with van der Waals surface area (Å²) in [4.78, 5) is 11.9. The van der Waals surface area contributed by atoms with E-state index >= 15 is 0 Å². The molecule has 0 heterocycles. The van der Waals surface area contributed by atoms with E-state index in [9.17, 15) is 13.6 Å². The van der Waals surface area contributed by atoms with Gasteiger partial charge in [0.1, 0.15) is 11.6 Å². The van der Waals surface area contributed by atoms with Crippen molar-refractivity contribution in [3.63, 3.8) is 0 Å². The van der Waals surface area contributed by atoms with Crippen LogP contribution in [0, 0.1) is 11.6 Å². The molecule has 104 valence electrons. The number of nitrogens with one attached hydrogen (secondary N) is 1. The molecule has 2 rings (SSSR count). The smallest absolute Gasteiger partial charge is 0.251 e. The lowest BCUT2D eigenvalue weighted by Gasteiger charge is -2.07. The number of hydrogen-bond acceptors (Lipinski definition) is 1. The third kappa shape index (κ3) is 3.54. The molecule has 2 nitrogen and oxygen atoms in total. The average Bonchev–Trinajstić information content (AvgIpc) is 2.46. The molecule has 0 unspecified atom stereocenters. The van der Waals surface area contributed by atoms with Crippen LogP contribution in [0.25, 0.3) is 0 Å². The molecule has 0 saturated carbocycles. The van der Waals surface area contributed by atoms with Crippen LogP contribution in [0.2, 0.25) is 0 Å². The van der Waals surface area contributed by atoms with Gasteiger partial charge in [0.25, 0.3) is 5.91 Å². The first kappa shape index (κ1) is 14.5. The lowest BCUT2D eigenvalue weighted by molar-refractivity contribution is 0.0950. The van der Waals surface area contributed by atoms with Gasteiger partial charge in [-0.25, -0.2) is 8.78 Å². The minimum absolute atomic E-state index is 0.00392. The monoisotopic (exact) mass is 295 g/mol. The summed E-state index contributed by atoms with van der Waals surface area (Å²) in [6, 6.07) is 10.1. The minimum atomic E-state index is -0.681. The van der Waals surface area contributed by atoms with Crippen LogP contribution in [0.3, 0.4) is 0 Å². The number of carbonyl (C=O) groups is 1. The van der Waals surface area contributed by atoms with Crippen molar-refractivity contribution in [3.05, 3.63) is 70.8 Å². The number of amides is 1. The highest BCUT2D eigenvalue weighted by Crippen LogP contribution is 2.11. The zero-order valence-electron chi connectivity index (χ0n) is 10.5. The van der Waals surface area contributed by atoms with Crippen molar-refractivity contribution in [2.45, 2.75) is 12.4 Å². The summed E-state index contributed by atoms with van der Waals surface area (Å²) >= 11 is 5.70. The van der Waals surface area contributed by atoms with Gasteiger partial charge >= 0.3 is 0 Å². The third-order valence-electron chi connectivity index (χ3n) is 2.80. The molecular formula is C15H12ClF2NO. The maximum atomic E-state index is 13.4. The van der Waals surface area contributed by atoms with Crippen molar-refractivity contribution in [1.82, 2.24) is 5.32 Å². The lowest BCUT2D eigenvalue weighted by atomic mass is 10.1. The maximum absolute atomic E-state index is 13.4. The number of halogens is 3. The Bertz CT molecular complexity index is 631. The van der Waals surface area contributed by atoms with Gasteiger partial charge in [-0.1, -0.05) is 18.2 Å². The van der Waals surface area contributed by atoms with Crippen molar-refractivity contribution in [2.75, 3.05) is 0 Å². The van der Waals surface area contributed by atoms with Crippen LogP contribution in [-0.4, -0.2) is 5.91 Å². The summed E-state index contributed by atoms with van der Waals surface area (Å²) in [7, 11) is 0. The Morgan fingerprint density at radius 2 is 1.95 bits per heavy atom. The summed E-state index contributed by atoms with van der Waals surface area (Å²) in [5, 5.41) is 2.58. The van der Waals surface area contributed by atoms with Crippen LogP contribution >= 0.6 is 11.6 Å². The van der Waals surface area contributed by atoms with Crippen molar-refractivity contribution in [1.29, 1.82) is 0 Å². The molecule has 0 aliphatic heterocycles. The highest BCUT2D eigenvalue weighted by Gasteiger charge is 2.08. The molecule has 0 atom stereocenters. The van der Waals surface area contributed by atoms with E-state index in [0.29, 0.717) is 11.4 Å². The summed E-state index contributed by atoms with van der Waals surface area (Å²) in [6.45, 7) is -0.00392. The topological polar surface area (TPSA) is 29.1 Å². The largest absolute Gasteiger partial charge is 0.348 e. The van der Waals surface area contributed by atoms with E-state index in [-0.39, 0.29) is 18.0 Å². The van der Waals surface area contributed by atoms with E-state index in [0.717, 1.165) is 17.7 Å². The lowest BCUT2D eigenvalue weighted by Crippen LogP contribution is -2.23. The van der Waals surface area contributed by atoms with Gasteiger partial charge in [-0.2, -0.15) is 0 Å². The Balaban J connectivity index is 2.04. The van der Waals surface area contributed by atoms with E-state index < -0.39 is 11.6 Å². The molecular weight excluding hydrogens is 284 g/mol. The first-order valence-corrected chi connectivity index (χ1v) is 6.50. The van der Waals surface area contributed by atoms with E-state index in [1.54, 1.807) is 18.2 Å². The molecule has 0 aliphatic rings. The Morgan fingerprint density at radius 3 is 2.65 bits per heavy atom. The number of hydrogen-bond donors (Lipinski definition) is 1. The zero-order chi connectivity index (χ0) is 14.5. The molecule has 0 spiro atoms. The molecule has 0 aromatic heterocycles. The van der Waals surface area contributed by atoms with Crippen LogP contribution in [0.4, 0.5) is 8.78 Å². The summed E-state index contributed by atoms with van der Waals surface area (Å²) in [5.41, 5.74) is 1.51. The van der Waals surface area contributed by atoms with Gasteiger partial charge in [-0.3, -0.25) is 4.79 Å². The Labute approximate surface area is 120 Å². The highest BCUT2D eigenvalue weighted by molar-refractivity contribution is 6.17. The minimum Gasteiger partial charge on any atom is -0.348 e. The van der Waals surface area contributed by atoms with Crippen LogP contribution < -0.4 is 5.32 Å². The molecule has 0 fully saturated rings. The predicted molar refractivity (Wildman–Crippen MR) is 73.5 cm³/mol. The van der Waals surface area contributed by atoms with Crippen molar-refractivity contribution in [3.8, 4) is 0 Å². The predicted octanol–water partition coefficient (Wildman–Crippen LogP) is 3.63. The van der Waals surface area contributed by atoms with Crippen molar-refractivity contribution >= 4 is 17.5 Å². The number of alkyl halides is 1. The molecule has 5 heteroatoms. The first-order valence-electron chi connectivity index (χ1n) is 5.97. The molecule has 20 heavy (non-hydrogen) atoms. The molecule has 1 N–H and O–H groups in total. The second kappa shape index (κ2) is 6.48. The quantitative estimate of drug-likeness (QED) is 0.857. The molecule has 1 amide bonds. The Hall–Kier alpha value is -1.94. The maximum Gasteiger partial charge on any atom is 0.251 e. The van der Waals surface area contributed by atoms with Gasteiger partial charge in [0.15, 0.2) is 0 Å². The molecule has 2 aromatic rings. The number of rotatable bonds is 4. The molecule has 0 bridgehead atoms.